The Morgan fingerprint density at radius 2 is 1.50 bits per heavy atom. The fourth-order valence-electron chi connectivity index (χ4n) is 3.15. The van der Waals surface area contributed by atoms with Gasteiger partial charge in [0.1, 0.15) is 18.5 Å². The van der Waals surface area contributed by atoms with E-state index in [1.807, 2.05) is 60.7 Å². The van der Waals surface area contributed by atoms with Crippen LogP contribution in [-0.2, 0) is 16.3 Å². The summed E-state index contributed by atoms with van der Waals surface area (Å²) < 4.78 is 29.1. The van der Waals surface area contributed by atoms with Crippen molar-refractivity contribution in [2.24, 2.45) is 0 Å². The maximum absolute atomic E-state index is 11.7. The largest absolute Gasteiger partial charge is 0.491 e. The molecule has 2 atom stereocenters. The second-order valence-electron chi connectivity index (χ2n) is 7.27. The first-order chi connectivity index (χ1) is 14.4. The number of aliphatic hydroxyl groups is 1. The van der Waals surface area contributed by atoms with Crippen LogP contribution >= 0.6 is 0 Å². The van der Waals surface area contributed by atoms with E-state index in [0.717, 1.165) is 11.1 Å². The molecule has 6 heteroatoms. The molecule has 3 rings (SSSR count). The highest BCUT2D eigenvalue weighted by atomic mass is 32.2. The molecule has 0 amide bonds. The smallest absolute Gasteiger partial charge is 0.175 e. The lowest BCUT2D eigenvalue weighted by Gasteiger charge is -2.22. The number of hydrogen-bond acceptors (Lipinski definition) is 5. The molecule has 0 heterocycles. The molecular formula is C24H27NO4S. The average molecular weight is 426 g/mol. The van der Waals surface area contributed by atoms with Crippen LogP contribution < -0.4 is 10.1 Å². The van der Waals surface area contributed by atoms with Crippen LogP contribution in [0.5, 0.6) is 5.75 Å². The van der Waals surface area contributed by atoms with Gasteiger partial charge < -0.3 is 15.2 Å². The van der Waals surface area contributed by atoms with E-state index in [1.165, 1.54) is 6.26 Å². The highest BCUT2D eigenvalue weighted by Gasteiger charge is 2.16. The Hall–Kier alpha value is -2.67. The minimum absolute atomic E-state index is 0.0765. The molecule has 0 aliphatic heterocycles. The number of hydrogen-bond donors (Lipinski definition) is 2. The van der Waals surface area contributed by atoms with Crippen LogP contribution in [0.25, 0.3) is 0 Å². The Morgan fingerprint density at radius 1 is 0.900 bits per heavy atom. The van der Waals surface area contributed by atoms with E-state index in [2.05, 4.69) is 17.4 Å². The van der Waals surface area contributed by atoms with Gasteiger partial charge in [0.05, 0.1) is 4.90 Å². The van der Waals surface area contributed by atoms with Crippen molar-refractivity contribution in [3.05, 3.63) is 96.1 Å². The van der Waals surface area contributed by atoms with Crippen molar-refractivity contribution in [1.29, 1.82) is 0 Å². The summed E-state index contributed by atoms with van der Waals surface area (Å²) in [5, 5.41) is 13.8. The number of nitrogens with one attached hydrogen (secondary N) is 1. The van der Waals surface area contributed by atoms with Crippen molar-refractivity contribution >= 4 is 9.84 Å². The fraction of sp³-hybridized carbons (Fsp3) is 0.250. The summed E-state index contributed by atoms with van der Waals surface area (Å²) in [6.45, 7) is 0.528. The Balaban J connectivity index is 1.66. The van der Waals surface area contributed by atoms with Gasteiger partial charge in [-0.15, -0.1) is 0 Å². The fourth-order valence-corrected chi connectivity index (χ4v) is 3.78. The molecule has 2 N–H and O–H groups in total. The molecule has 158 valence electrons. The summed E-state index contributed by atoms with van der Waals surface area (Å²) >= 11 is 0. The molecule has 2 unspecified atom stereocenters. The molecule has 0 aromatic heterocycles. The van der Waals surface area contributed by atoms with E-state index in [4.69, 9.17) is 4.74 Å². The predicted octanol–water partition coefficient (Wildman–Crippen LogP) is 3.40. The third-order valence-electron chi connectivity index (χ3n) is 4.78. The quantitative estimate of drug-likeness (QED) is 0.521. The van der Waals surface area contributed by atoms with Crippen LogP contribution in [0.15, 0.2) is 89.8 Å². The van der Waals surface area contributed by atoms with Crippen LogP contribution in [0.4, 0.5) is 0 Å². The minimum atomic E-state index is -3.24. The summed E-state index contributed by atoms with van der Waals surface area (Å²) in [6.07, 6.45) is 1.23. The van der Waals surface area contributed by atoms with Crippen molar-refractivity contribution < 1.29 is 18.3 Å². The maximum Gasteiger partial charge on any atom is 0.175 e. The SMILES string of the molecule is CS(=O)(=O)c1ccc(C(Cc2ccccc2)NCC(O)COc2ccccc2)cc1. The van der Waals surface area contributed by atoms with Gasteiger partial charge in [-0.1, -0.05) is 60.7 Å². The zero-order chi connectivity index (χ0) is 21.4. The molecule has 0 saturated carbocycles. The van der Waals surface area contributed by atoms with E-state index in [-0.39, 0.29) is 12.6 Å². The Kier molecular flexibility index (Phi) is 7.63. The number of benzene rings is 3. The molecule has 0 saturated heterocycles. The lowest BCUT2D eigenvalue weighted by molar-refractivity contribution is 0.103. The van der Waals surface area contributed by atoms with Crippen LogP contribution in [0.1, 0.15) is 17.2 Å². The zero-order valence-electron chi connectivity index (χ0n) is 16.9. The Morgan fingerprint density at radius 3 is 2.10 bits per heavy atom. The molecule has 0 radical (unpaired) electrons. The molecule has 0 fully saturated rings. The molecule has 0 spiro atoms. The molecule has 3 aromatic rings. The van der Waals surface area contributed by atoms with E-state index >= 15 is 0 Å². The summed E-state index contributed by atoms with van der Waals surface area (Å²) in [5.41, 5.74) is 2.11. The van der Waals surface area contributed by atoms with E-state index in [9.17, 15) is 13.5 Å². The highest BCUT2D eigenvalue weighted by Crippen LogP contribution is 2.21. The lowest BCUT2D eigenvalue weighted by Crippen LogP contribution is -2.34. The monoisotopic (exact) mass is 425 g/mol. The van der Waals surface area contributed by atoms with Crippen molar-refractivity contribution in [3.63, 3.8) is 0 Å². The Labute approximate surface area is 178 Å². The van der Waals surface area contributed by atoms with Crippen molar-refractivity contribution in [1.82, 2.24) is 5.32 Å². The van der Waals surface area contributed by atoms with Gasteiger partial charge in [-0.25, -0.2) is 8.42 Å². The number of sulfone groups is 1. The molecule has 0 bridgehead atoms. The Bertz CT molecular complexity index is 1010. The van der Waals surface area contributed by atoms with Gasteiger partial charge >= 0.3 is 0 Å². The first-order valence-corrected chi connectivity index (χ1v) is 11.7. The number of aliphatic hydroxyl groups excluding tert-OH is 1. The van der Waals surface area contributed by atoms with Crippen molar-refractivity contribution in [3.8, 4) is 5.75 Å². The van der Waals surface area contributed by atoms with Crippen molar-refractivity contribution in [2.75, 3.05) is 19.4 Å². The molecule has 30 heavy (non-hydrogen) atoms. The number of rotatable bonds is 10. The van der Waals surface area contributed by atoms with Gasteiger partial charge in [0.25, 0.3) is 0 Å². The minimum Gasteiger partial charge on any atom is -0.491 e. The molecule has 5 nitrogen and oxygen atoms in total. The average Bonchev–Trinajstić information content (AvgIpc) is 2.76. The maximum atomic E-state index is 11.7. The van der Waals surface area contributed by atoms with Crippen LogP contribution in [-0.4, -0.2) is 39.0 Å². The van der Waals surface area contributed by atoms with Gasteiger partial charge in [0.15, 0.2) is 9.84 Å². The van der Waals surface area contributed by atoms with Crippen LogP contribution in [0.2, 0.25) is 0 Å². The topological polar surface area (TPSA) is 75.6 Å². The number of ether oxygens (including phenoxy) is 1. The second-order valence-corrected chi connectivity index (χ2v) is 9.29. The van der Waals surface area contributed by atoms with E-state index in [1.54, 1.807) is 12.1 Å². The second kappa shape index (κ2) is 10.4. The van der Waals surface area contributed by atoms with Gasteiger partial charge in [-0.3, -0.25) is 0 Å². The molecule has 0 aliphatic carbocycles. The normalized spacial score (nSPS) is 13.5. The third kappa shape index (κ3) is 6.69. The standard InChI is InChI=1S/C24H27NO4S/c1-30(27,28)23-14-12-20(13-15-23)24(16-19-8-4-2-5-9-19)25-17-21(26)18-29-22-10-6-3-7-11-22/h2-15,21,24-26H,16-18H2,1H3. The highest BCUT2D eigenvalue weighted by molar-refractivity contribution is 7.90. The van der Waals surface area contributed by atoms with Gasteiger partial charge in [0, 0.05) is 18.8 Å². The van der Waals surface area contributed by atoms with E-state index < -0.39 is 15.9 Å². The van der Waals surface area contributed by atoms with Crippen LogP contribution in [0.3, 0.4) is 0 Å². The molecule has 3 aromatic carbocycles. The molecular weight excluding hydrogens is 398 g/mol. The lowest BCUT2D eigenvalue weighted by atomic mass is 9.98. The van der Waals surface area contributed by atoms with Crippen molar-refractivity contribution in [2.45, 2.75) is 23.5 Å². The third-order valence-corrected chi connectivity index (χ3v) is 5.91. The zero-order valence-corrected chi connectivity index (χ0v) is 17.8. The summed E-state index contributed by atoms with van der Waals surface area (Å²) in [7, 11) is -3.24. The molecule has 0 aliphatic rings. The van der Waals surface area contributed by atoms with E-state index in [0.29, 0.717) is 23.6 Å². The summed E-state index contributed by atoms with van der Waals surface area (Å²) in [4.78, 5) is 0.293. The first kappa shape index (κ1) is 22.0. The summed E-state index contributed by atoms with van der Waals surface area (Å²) in [6, 6.07) is 26.2. The first-order valence-electron chi connectivity index (χ1n) is 9.85. The number of para-hydroxylation sites is 1. The van der Waals surface area contributed by atoms with Gasteiger partial charge in [-0.05, 0) is 41.8 Å². The predicted molar refractivity (Wildman–Crippen MR) is 118 cm³/mol. The van der Waals surface area contributed by atoms with Crippen LogP contribution in [0, 0.1) is 0 Å². The summed E-state index contributed by atoms with van der Waals surface area (Å²) in [5.74, 6) is 0.716. The van der Waals surface area contributed by atoms with Gasteiger partial charge in [0.2, 0.25) is 0 Å². The van der Waals surface area contributed by atoms with Gasteiger partial charge in [-0.2, -0.15) is 0 Å².